The van der Waals surface area contributed by atoms with Crippen molar-refractivity contribution in [3.63, 3.8) is 0 Å². The van der Waals surface area contributed by atoms with E-state index in [4.69, 9.17) is 5.73 Å². The molecule has 0 saturated heterocycles. The highest BCUT2D eigenvalue weighted by Crippen LogP contribution is 2.04. The van der Waals surface area contributed by atoms with Gasteiger partial charge >= 0.3 is 0 Å². The predicted molar refractivity (Wildman–Crippen MR) is 69.2 cm³/mol. The molecular formula is C13H28N2O. The van der Waals surface area contributed by atoms with Crippen LogP contribution in [-0.2, 0) is 4.79 Å². The van der Waals surface area contributed by atoms with Gasteiger partial charge in [0.2, 0.25) is 5.91 Å². The highest BCUT2D eigenvalue weighted by atomic mass is 16.1. The molecule has 0 aromatic heterocycles. The van der Waals surface area contributed by atoms with E-state index < -0.39 is 0 Å². The lowest BCUT2D eigenvalue weighted by atomic mass is 10.1. The predicted octanol–water partition coefficient (Wildman–Crippen LogP) is 2.45. The maximum absolute atomic E-state index is 11.4. The Kier molecular flexibility index (Phi) is 9.30. The van der Waals surface area contributed by atoms with Crippen LogP contribution < -0.4 is 11.1 Å². The molecule has 1 unspecified atom stereocenters. The zero-order valence-corrected chi connectivity index (χ0v) is 11.1. The van der Waals surface area contributed by atoms with Crippen LogP contribution in [0.5, 0.6) is 0 Å². The lowest BCUT2D eigenvalue weighted by Crippen LogP contribution is -2.40. The van der Waals surface area contributed by atoms with Gasteiger partial charge in [-0.2, -0.15) is 0 Å². The van der Waals surface area contributed by atoms with Gasteiger partial charge in [-0.1, -0.05) is 46.5 Å². The summed E-state index contributed by atoms with van der Waals surface area (Å²) in [4.78, 5) is 11.4. The second kappa shape index (κ2) is 9.64. The van der Waals surface area contributed by atoms with E-state index in [1.54, 1.807) is 0 Å². The van der Waals surface area contributed by atoms with Gasteiger partial charge in [-0.15, -0.1) is 0 Å². The van der Waals surface area contributed by atoms with Crippen LogP contribution in [0.3, 0.4) is 0 Å². The molecule has 96 valence electrons. The molecule has 0 aliphatic carbocycles. The summed E-state index contributed by atoms with van der Waals surface area (Å²) in [5.74, 6) is 0.567. The zero-order chi connectivity index (χ0) is 12.4. The molecule has 0 rings (SSSR count). The van der Waals surface area contributed by atoms with Gasteiger partial charge in [-0.3, -0.25) is 4.79 Å². The van der Waals surface area contributed by atoms with Crippen LogP contribution in [0.15, 0.2) is 0 Å². The number of amides is 1. The first-order valence-corrected chi connectivity index (χ1v) is 6.60. The van der Waals surface area contributed by atoms with E-state index in [1.807, 2.05) is 0 Å². The van der Waals surface area contributed by atoms with Crippen molar-refractivity contribution in [2.75, 3.05) is 6.54 Å². The van der Waals surface area contributed by atoms with E-state index in [9.17, 15) is 4.79 Å². The van der Waals surface area contributed by atoms with Gasteiger partial charge in [0.15, 0.2) is 0 Å². The minimum atomic E-state index is 0.0732. The molecule has 1 atom stereocenters. The summed E-state index contributed by atoms with van der Waals surface area (Å²) in [7, 11) is 0. The van der Waals surface area contributed by atoms with Gasteiger partial charge in [0.05, 0.1) is 0 Å². The zero-order valence-electron chi connectivity index (χ0n) is 11.1. The summed E-state index contributed by atoms with van der Waals surface area (Å²) in [6, 6.07) is 0.0732. The van der Waals surface area contributed by atoms with E-state index in [0.29, 0.717) is 18.9 Å². The van der Waals surface area contributed by atoms with Gasteiger partial charge < -0.3 is 11.1 Å². The minimum absolute atomic E-state index is 0.0732. The number of hydrogen-bond acceptors (Lipinski definition) is 2. The topological polar surface area (TPSA) is 55.1 Å². The summed E-state index contributed by atoms with van der Waals surface area (Å²) < 4.78 is 0. The van der Waals surface area contributed by atoms with E-state index >= 15 is 0 Å². The van der Waals surface area contributed by atoms with Crippen LogP contribution in [0.25, 0.3) is 0 Å². The Balaban J connectivity index is 3.38. The number of nitrogens with two attached hydrogens (primary N) is 1. The molecule has 0 aromatic carbocycles. The van der Waals surface area contributed by atoms with E-state index in [1.165, 1.54) is 19.3 Å². The summed E-state index contributed by atoms with van der Waals surface area (Å²) in [6.45, 7) is 6.94. The van der Waals surface area contributed by atoms with Gasteiger partial charge in [0, 0.05) is 19.0 Å². The fourth-order valence-electron chi connectivity index (χ4n) is 1.44. The third-order valence-corrected chi connectivity index (χ3v) is 2.90. The van der Waals surface area contributed by atoms with Crippen molar-refractivity contribution in [2.45, 2.75) is 65.3 Å². The normalized spacial score (nSPS) is 12.8. The summed E-state index contributed by atoms with van der Waals surface area (Å²) in [6.07, 6.45) is 6.58. The van der Waals surface area contributed by atoms with Crippen molar-refractivity contribution in [1.29, 1.82) is 0 Å². The first kappa shape index (κ1) is 15.4. The Hall–Kier alpha value is -0.570. The third-order valence-electron chi connectivity index (χ3n) is 2.90. The maximum Gasteiger partial charge on any atom is 0.220 e. The Bertz CT molecular complexity index is 181. The molecule has 0 saturated carbocycles. The second-order valence-corrected chi connectivity index (χ2v) is 4.88. The van der Waals surface area contributed by atoms with Crippen LogP contribution in [-0.4, -0.2) is 18.5 Å². The number of unbranched alkanes of at least 4 members (excludes halogenated alkanes) is 4. The average molecular weight is 228 g/mol. The lowest BCUT2D eigenvalue weighted by Gasteiger charge is -2.16. The van der Waals surface area contributed by atoms with Crippen molar-refractivity contribution in [2.24, 2.45) is 11.7 Å². The molecule has 0 radical (unpaired) electrons. The lowest BCUT2D eigenvalue weighted by molar-refractivity contribution is -0.121. The fraction of sp³-hybridized carbons (Fsp3) is 0.923. The number of carbonyl (C=O) groups is 1. The minimum Gasteiger partial charge on any atom is -0.355 e. The van der Waals surface area contributed by atoms with Gasteiger partial charge in [0.1, 0.15) is 0 Å². The van der Waals surface area contributed by atoms with Crippen molar-refractivity contribution >= 4 is 5.91 Å². The first-order valence-electron chi connectivity index (χ1n) is 6.60. The van der Waals surface area contributed by atoms with Crippen LogP contribution in [0, 0.1) is 5.92 Å². The highest BCUT2D eigenvalue weighted by molar-refractivity contribution is 5.75. The molecule has 0 aromatic rings. The van der Waals surface area contributed by atoms with Gasteiger partial charge in [-0.25, -0.2) is 0 Å². The average Bonchev–Trinajstić information content (AvgIpc) is 2.25. The summed E-state index contributed by atoms with van der Waals surface area (Å²) in [5, 5.41) is 2.89. The summed E-state index contributed by atoms with van der Waals surface area (Å²) in [5.41, 5.74) is 5.84. The second-order valence-electron chi connectivity index (χ2n) is 4.88. The molecule has 16 heavy (non-hydrogen) atoms. The van der Waals surface area contributed by atoms with Crippen molar-refractivity contribution in [3.05, 3.63) is 0 Å². The summed E-state index contributed by atoms with van der Waals surface area (Å²) >= 11 is 0. The smallest absolute Gasteiger partial charge is 0.220 e. The largest absolute Gasteiger partial charge is 0.355 e. The Morgan fingerprint density at radius 1 is 1.19 bits per heavy atom. The molecule has 3 N–H and O–H groups in total. The molecular weight excluding hydrogens is 200 g/mol. The standard InChI is InChI=1S/C13H28N2O/c1-4-5-6-7-8-9-13(16)15-10-12(14)11(2)3/h11-12H,4-10,14H2,1-3H3,(H,15,16). The van der Waals surface area contributed by atoms with Crippen LogP contribution in [0.2, 0.25) is 0 Å². The van der Waals surface area contributed by atoms with Crippen molar-refractivity contribution in [3.8, 4) is 0 Å². The first-order chi connectivity index (χ1) is 7.57. The molecule has 0 aliphatic heterocycles. The molecule has 3 nitrogen and oxygen atoms in total. The number of carbonyl (C=O) groups excluding carboxylic acids is 1. The van der Waals surface area contributed by atoms with Gasteiger partial charge in [-0.05, 0) is 12.3 Å². The quantitative estimate of drug-likeness (QED) is 0.596. The molecule has 0 fully saturated rings. The molecule has 0 spiro atoms. The van der Waals surface area contributed by atoms with Crippen LogP contribution in [0.1, 0.15) is 59.3 Å². The maximum atomic E-state index is 11.4. The molecule has 0 bridgehead atoms. The highest BCUT2D eigenvalue weighted by Gasteiger charge is 2.08. The number of nitrogens with one attached hydrogen (secondary N) is 1. The monoisotopic (exact) mass is 228 g/mol. The third kappa shape index (κ3) is 8.72. The van der Waals surface area contributed by atoms with E-state index in [0.717, 1.165) is 12.8 Å². The van der Waals surface area contributed by atoms with Crippen molar-refractivity contribution in [1.82, 2.24) is 5.32 Å². The Labute approximate surface area is 100 Å². The van der Waals surface area contributed by atoms with E-state index in [-0.39, 0.29) is 11.9 Å². The van der Waals surface area contributed by atoms with E-state index in [2.05, 4.69) is 26.1 Å². The Morgan fingerprint density at radius 3 is 2.38 bits per heavy atom. The number of rotatable bonds is 9. The molecule has 1 amide bonds. The Morgan fingerprint density at radius 2 is 1.81 bits per heavy atom. The molecule has 0 heterocycles. The van der Waals surface area contributed by atoms with Crippen LogP contribution >= 0.6 is 0 Å². The molecule has 0 aliphatic rings. The number of hydrogen-bond donors (Lipinski definition) is 2. The fourth-order valence-corrected chi connectivity index (χ4v) is 1.44. The molecule has 3 heteroatoms. The van der Waals surface area contributed by atoms with Crippen molar-refractivity contribution < 1.29 is 4.79 Å². The SMILES string of the molecule is CCCCCCCC(=O)NCC(N)C(C)C. The van der Waals surface area contributed by atoms with Crippen LogP contribution in [0.4, 0.5) is 0 Å². The van der Waals surface area contributed by atoms with Gasteiger partial charge in [0.25, 0.3) is 0 Å².